The fourth-order valence-corrected chi connectivity index (χ4v) is 2.36. The normalized spacial score (nSPS) is 14.0. The number of nitrogens with one attached hydrogen (secondary N) is 1. The molecule has 0 aliphatic heterocycles. The molecule has 2 atom stereocenters. The third kappa shape index (κ3) is 11.4. The van der Waals surface area contributed by atoms with Gasteiger partial charge in [-0.05, 0) is 38.8 Å². The summed E-state index contributed by atoms with van der Waals surface area (Å²) >= 11 is 0. The number of nitrogens with zero attached hydrogens (tertiary/aromatic N) is 1. The van der Waals surface area contributed by atoms with E-state index in [4.69, 9.17) is 17.2 Å². The molecule has 1 amide bonds. The largest absolute Gasteiger partial charge is 0.377 e. The van der Waals surface area contributed by atoms with E-state index in [9.17, 15) is 9.90 Å². The highest BCUT2D eigenvalue weighted by molar-refractivity contribution is 5.81. The highest BCUT2D eigenvalue weighted by atomic mass is 16.3. The summed E-state index contributed by atoms with van der Waals surface area (Å²) in [5, 5.41) is 13.0. The molecule has 0 aromatic heterocycles. The van der Waals surface area contributed by atoms with Gasteiger partial charge in [-0.15, -0.1) is 0 Å². The van der Waals surface area contributed by atoms with Crippen molar-refractivity contribution < 1.29 is 9.90 Å². The smallest absolute Gasteiger partial charge is 0.237 e. The van der Waals surface area contributed by atoms with Gasteiger partial charge in [0.1, 0.15) is 6.23 Å². The number of carbonyl (C=O) groups excluding carboxylic acids is 1. The van der Waals surface area contributed by atoms with Gasteiger partial charge in [0.05, 0.1) is 12.6 Å². The number of hydrogen-bond acceptors (Lipinski definition) is 6. The van der Waals surface area contributed by atoms with Crippen LogP contribution in [0.5, 0.6) is 0 Å². The first kappa shape index (κ1) is 22.3. The van der Waals surface area contributed by atoms with Gasteiger partial charge in [-0.2, -0.15) is 0 Å². The Morgan fingerprint density at radius 1 is 1.09 bits per heavy atom. The lowest BCUT2D eigenvalue weighted by atomic mass is 10.1. The molecular weight excluding hydrogens is 294 g/mol. The van der Waals surface area contributed by atoms with Crippen LogP contribution < -0.4 is 22.5 Å². The molecule has 7 nitrogen and oxygen atoms in total. The van der Waals surface area contributed by atoms with Crippen LogP contribution in [0, 0.1) is 0 Å². The number of hydrogen-bond donors (Lipinski definition) is 5. The molecule has 0 aromatic rings. The Labute approximate surface area is 140 Å². The maximum absolute atomic E-state index is 11.9. The Kier molecular flexibility index (Phi) is 14.4. The van der Waals surface area contributed by atoms with Gasteiger partial charge in [0.15, 0.2) is 0 Å². The monoisotopic (exact) mass is 331 g/mol. The lowest BCUT2D eigenvalue weighted by Gasteiger charge is -2.28. The van der Waals surface area contributed by atoms with Crippen molar-refractivity contribution in [2.45, 2.75) is 64.1 Å². The number of nitrogens with two attached hydrogens (primary N) is 3. The molecular formula is C16H37N5O2. The molecule has 0 fully saturated rings. The van der Waals surface area contributed by atoms with E-state index in [2.05, 4.69) is 12.2 Å². The van der Waals surface area contributed by atoms with Crippen LogP contribution in [0.3, 0.4) is 0 Å². The van der Waals surface area contributed by atoms with Crippen molar-refractivity contribution in [3.8, 4) is 0 Å². The molecule has 2 unspecified atom stereocenters. The predicted molar refractivity (Wildman–Crippen MR) is 94.7 cm³/mol. The van der Waals surface area contributed by atoms with E-state index in [1.54, 1.807) is 0 Å². The number of unbranched alkanes of at least 4 members (excludes halogenated alkanes) is 3. The Morgan fingerprint density at radius 3 is 2.35 bits per heavy atom. The third-order valence-electron chi connectivity index (χ3n) is 3.88. The van der Waals surface area contributed by atoms with Gasteiger partial charge in [-0.25, -0.2) is 0 Å². The molecule has 0 aliphatic rings. The summed E-state index contributed by atoms with van der Waals surface area (Å²) < 4.78 is 0. The lowest BCUT2D eigenvalue weighted by Crippen LogP contribution is -2.48. The third-order valence-corrected chi connectivity index (χ3v) is 3.88. The average Bonchev–Trinajstić information content (AvgIpc) is 2.55. The summed E-state index contributed by atoms with van der Waals surface area (Å²) in [6.07, 6.45) is 5.76. The standard InChI is InChI=1S/C16H37N5O2/c1-2-3-6-11-21(12-7-10-18)15(22)13-20-16(23)14(19)8-4-5-9-17/h14-15,22H,2-13,17-19H2,1H3,(H,20,23). The first-order chi connectivity index (χ1) is 11.1. The van der Waals surface area contributed by atoms with Crippen molar-refractivity contribution in [3.63, 3.8) is 0 Å². The second-order valence-electron chi connectivity index (χ2n) is 6.00. The second kappa shape index (κ2) is 14.8. The maximum Gasteiger partial charge on any atom is 0.237 e. The first-order valence-corrected chi connectivity index (χ1v) is 8.92. The number of rotatable bonds is 15. The highest BCUT2D eigenvalue weighted by Gasteiger charge is 2.18. The molecule has 138 valence electrons. The lowest BCUT2D eigenvalue weighted by molar-refractivity contribution is -0.123. The van der Waals surface area contributed by atoms with Gasteiger partial charge in [-0.3, -0.25) is 9.69 Å². The van der Waals surface area contributed by atoms with Crippen molar-refractivity contribution in [1.29, 1.82) is 0 Å². The summed E-state index contributed by atoms with van der Waals surface area (Å²) in [6, 6.07) is -0.536. The molecule has 0 aliphatic carbocycles. The van der Waals surface area contributed by atoms with Crippen molar-refractivity contribution in [1.82, 2.24) is 10.2 Å². The summed E-state index contributed by atoms with van der Waals surface area (Å²) in [6.45, 7) is 5.09. The maximum atomic E-state index is 11.9. The molecule has 0 radical (unpaired) electrons. The van der Waals surface area contributed by atoms with Crippen LogP contribution >= 0.6 is 0 Å². The minimum absolute atomic E-state index is 0.195. The van der Waals surface area contributed by atoms with Gasteiger partial charge in [0.2, 0.25) is 5.91 Å². The van der Waals surface area contributed by atoms with Crippen molar-refractivity contribution in [2.24, 2.45) is 17.2 Å². The minimum Gasteiger partial charge on any atom is -0.377 e. The first-order valence-electron chi connectivity index (χ1n) is 8.92. The minimum atomic E-state index is -0.696. The molecule has 23 heavy (non-hydrogen) atoms. The fourth-order valence-electron chi connectivity index (χ4n) is 2.36. The van der Waals surface area contributed by atoms with Gasteiger partial charge >= 0.3 is 0 Å². The van der Waals surface area contributed by atoms with Crippen LogP contribution in [0.15, 0.2) is 0 Å². The summed E-state index contributed by atoms with van der Waals surface area (Å²) in [7, 11) is 0. The van der Waals surface area contributed by atoms with E-state index in [0.29, 0.717) is 19.5 Å². The summed E-state index contributed by atoms with van der Waals surface area (Å²) in [5.74, 6) is -0.214. The van der Waals surface area contributed by atoms with Crippen LogP contribution in [0.2, 0.25) is 0 Å². The van der Waals surface area contributed by atoms with Gasteiger partial charge in [0.25, 0.3) is 0 Å². The van der Waals surface area contributed by atoms with Crippen LogP contribution in [0.1, 0.15) is 51.9 Å². The number of amides is 1. The zero-order valence-electron chi connectivity index (χ0n) is 14.7. The quantitative estimate of drug-likeness (QED) is 0.207. The number of carbonyl (C=O) groups is 1. The predicted octanol–water partition coefficient (Wildman–Crippen LogP) is -0.282. The zero-order chi connectivity index (χ0) is 17.5. The van der Waals surface area contributed by atoms with E-state index in [0.717, 1.165) is 51.6 Å². The van der Waals surface area contributed by atoms with Crippen molar-refractivity contribution in [3.05, 3.63) is 0 Å². The summed E-state index contributed by atoms with van der Waals surface area (Å²) in [5.41, 5.74) is 16.8. The molecule has 7 heteroatoms. The molecule has 0 aromatic carbocycles. The number of aliphatic hydroxyl groups is 1. The molecule has 8 N–H and O–H groups in total. The fraction of sp³-hybridized carbons (Fsp3) is 0.938. The van der Waals surface area contributed by atoms with Crippen LogP contribution in [0.4, 0.5) is 0 Å². The Hall–Kier alpha value is -0.730. The SMILES string of the molecule is CCCCCN(CCCN)C(O)CNC(=O)C(N)CCCCN. The molecule has 0 heterocycles. The molecule has 0 rings (SSSR count). The zero-order valence-corrected chi connectivity index (χ0v) is 14.7. The topological polar surface area (TPSA) is 131 Å². The van der Waals surface area contributed by atoms with Gasteiger partial charge < -0.3 is 27.6 Å². The Bertz CT molecular complexity index is 292. The molecule has 0 saturated carbocycles. The highest BCUT2D eigenvalue weighted by Crippen LogP contribution is 2.04. The van der Waals surface area contributed by atoms with Crippen LogP contribution in [-0.4, -0.2) is 60.9 Å². The Morgan fingerprint density at radius 2 is 1.74 bits per heavy atom. The Balaban J connectivity index is 4.15. The molecule has 0 bridgehead atoms. The average molecular weight is 332 g/mol. The molecule has 0 spiro atoms. The summed E-state index contributed by atoms with van der Waals surface area (Å²) in [4.78, 5) is 13.9. The van der Waals surface area contributed by atoms with E-state index < -0.39 is 12.3 Å². The van der Waals surface area contributed by atoms with Crippen molar-refractivity contribution >= 4 is 5.91 Å². The van der Waals surface area contributed by atoms with Gasteiger partial charge in [0, 0.05) is 13.1 Å². The van der Waals surface area contributed by atoms with E-state index in [-0.39, 0.29) is 12.5 Å². The second-order valence-corrected chi connectivity index (χ2v) is 6.00. The van der Waals surface area contributed by atoms with Crippen LogP contribution in [0.25, 0.3) is 0 Å². The molecule has 0 saturated heterocycles. The van der Waals surface area contributed by atoms with Crippen LogP contribution in [-0.2, 0) is 4.79 Å². The number of aliphatic hydroxyl groups excluding tert-OH is 1. The van der Waals surface area contributed by atoms with E-state index in [1.807, 2.05) is 4.90 Å². The van der Waals surface area contributed by atoms with E-state index in [1.165, 1.54) is 0 Å². The van der Waals surface area contributed by atoms with Crippen molar-refractivity contribution in [2.75, 3.05) is 32.7 Å². The van der Waals surface area contributed by atoms with E-state index >= 15 is 0 Å². The van der Waals surface area contributed by atoms with Gasteiger partial charge in [-0.1, -0.05) is 26.2 Å².